The number of rotatable bonds is 5. The summed E-state index contributed by atoms with van der Waals surface area (Å²) in [4.78, 5) is 24.3. The van der Waals surface area contributed by atoms with E-state index in [1.54, 1.807) is 18.0 Å². The first-order valence-corrected chi connectivity index (χ1v) is 6.34. The van der Waals surface area contributed by atoms with E-state index in [2.05, 4.69) is 5.32 Å². The molecule has 6 heteroatoms. The molecule has 1 fully saturated rings. The van der Waals surface area contributed by atoms with E-state index in [1.807, 2.05) is 6.92 Å². The van der Waals surface area contributed by atoms with E-state index in [1.165, 1.54) is 12.1 Å². The van der Waals surface area contributed by atoms with E-state index in [-0.39, 0.29) is 11.6 Å². The Morgan fingerprint density at radius 3 is 2.74 bits per heavy atom. The maximum absolute atomic E-state index is 12.2. The molecular formula is C13H17N3O3. The first kappa shape index (κ1) is 13.3. The van der Waals surface area contributed by atoms with E-state index >= 15 is 0 Å². The number of carbonyl (C=O) groups is 1. The molecule has 0 spiro atoms. The van der Waals surface area contributed by atoms with Gasteiger partial charge in [-0.25, -0.2) is 0 Å². The van der Waals surface area contributed by atoms with E-state index < -0.39 is 4.92 Å². The number of amides is 1. The Morgan fingerprint density at radius 1 is 1.53 bits per heavy atom. The summed E-state index contributed by atoms with van der Waals surface area (Å²) in [6, 6.07) is 4.78. The van der Waals surface area contributed by atoms with Gasteiger partial charge in [0.15, 0.2) is 0 Å². The Balaban J connectivity index is 2.28. The second-order valence-electron chi connectivity index (χ2n) is 4.67. The molecule has 0 atom stereocenters. The highest BCUT2D eigenvalue weighted by molar-refractivity contribution is 5.96. The van der Waals surface area contributed by atoms with E-state index in [0.717, 1.165) is 12.8 Å². The fraction of sp³-hybridized carbons (Fsp3) is 0.462. The zero-order valence-corrected chi connectivity index (χ0v) is 11.0. The molecule has 1 N–H and O–H groups in total. The Kier molecular flexibility index (Phi) is 3.69. The predicted octanol–water partition coefficient (Wildman–Crippen LogP) is 2.26. The van der Waals surface area contributed by atoms with Crippen molar-refractivity contribution in [3.05, 3.63) is 33.9 Å². The van der Waals surface area contributed by atoms with Gasteiger partial charge in [0.05, 0.1) is 4.92 Å². The quantitative estimate of drug-likeness (QED) is 0.653. The number of hydrogen-bond donors (Lipinski definition) is 1. The van der Waals surface area contributed by atoms with E-state index in [9.17, 15) is 14.9 Å². The van der Waals surface area contributed by atoms with Gasteiger partial charge in [-0.15, -0.1) is 0 Å². The summed E-state index contributed by atoms with van der Waals surface area (Å²) in [5, 5.41) is 13.8. The van der Waals surface area contributed by atoms with Crippen LogP contribution in [0.5, 0.6) is 0 Å². The molecular weight excluding hydrogens is 246 g/mol. The van der Waals surface area contributed by atoms with Crippen molar-refractivity contribution in [2.45, 2.75) is 25.8 Å². The smallest absolute Gasteiger partial charge is 0.292 e. The summed E-state index contributed by atoms with van der Waals surface area (Å²) >= 11 is 0. The van der Waals surface area contributed by atoms with Gasteiger partial charge in [-0.3, -0.25) is 14.9 Å². The highest BCUT2D eigenvalue weighted by Crippen LogP contribution is 2.29. The molecule has 0 aromatic heterocycles. The molecule has 0 saturated heterocycles. The van der Waals surface area contributed by atoms with Crippen LogP contribution in [-0.2, 0) is 0 Å². The topological polar surface area (TPSA) is 75.5 Å². The maximum Gasteiger partial charge on any atom is 0.292 e. The minimum atomic E-state index is -0.448. The molecule has 6 nitrogen and oxygen atoms in total. The van der Waals surface area contributed by atoms with Crippen molar-refractivity contribution in [2.24, 2.45) is 0 Å². The zero-order valence-electron chi connectivity index (χ0n) is 11.0. The number of carbonyl (C=O) groups excluding carboxylic acids is 1. The first-order chi connectivity index (χ1) is 9.04. The van der Waals surface area contributed by atoms with Gasteiger partial charge in [-0.2, -0.15) is 0 Å². The lowest BCUT2D eigenvalue weighted by Crippen LogP contribution is -2.28. The summed E-state index contributed by atoms with van der Waals surface area (Å²) in [5.74, 6) is -0.0865. The van der Waals surface area contributed by atoms with Crippen LogP contribution in [0.4, 0.5) is 11.4 Å². The third kappa shape index (κ3) is 2.83. The van der Waals surface area contributed by atoms with Crippen LogP contribution in [0.3, 0.4) is 0 Å². The largest absolute Gasteiger partial charge is 0.380 e. The predicted molar refractivity (Wildman–Crippen MR) is 72.4 cm³/mol. The van der Waals surface area contributed by atoms with Crippen molar-refractivity contribution in [1.82, 2.24) is 4.90 Å². The molecule has 1 aromatic carbocycles. The molecule has 1 aromatic rings. The number of hydrogen-bond acceptors (Lipinski definition) is 4. The fourth-order valence-electron chi connectivity index (χ4n) is 1.99. The third-order valence-electron chi connectivity index (χ3n) is 3.22. The van der Waals surface area contributed by atoms with Gasteiger partial charge in [0, 0.05) is 31.3 Å². The summed E-state index contributed by atoms with van der Waals surface area (Å²) in [6.45, 7) is 2.42. The number of nitro benzene ring substituents is 1. The lowest BCUT2D eigenvalue weighted by molar-refractivity contribution is -0.384. The van der Waals surface area contributed by atoms with Crippen molar-refractivity contribution in [3.8, 4) is 0 Å². The van der Waals surface area contributed by atoms with Crippen LogP contribution >= 0.6 is 0 Å². The van der Waals surface area contributed by atoms with Crippen LogP contribution in [0.15, 0.2) is 18.2 Å². The molecule has 0 bridgehead atoms. The second-order valence-corrected chi connectivity index (χ2v) is 4.67. The summed E-state index contributed by atoms with van der Waals surface area (Å²) in [5.41, 5.74) is 0.867. The van der Waals surface area contributed by atoms with Crippen LogP contribution in [0.1, 0.15) is 30.1 Å². The zero-order chi connectivity index (χ0) is 14.0. The molecule has 0 unspecified atom stereocenters. The van der Waals surface area contributed by atoms with Crippen molar-refractivity contribution in [2.75, 3.05) is 18.9 Å². The Labute approximate surface area is 111 Å². The minimum absolute atomic E-state index is 0.00697. The number of nitrogens with zero attached hydrogens (tertiary/aromatic N) is 2. The molecule has 102 valence electrons. The number of nitro groups is 1. The third-order valence-corrected chi connectivity index (χ3v) is 3.22. The van der Waals surface area contributed by atoms with Crippen LogP contribution < -0.4 is 5.32 Å². The first-order valence-electron chi connectivity index (χ1n) is 6.34. The molecule has 1 aliphatic carbocycles. The van der Waals surface area contributed by atoms with Gasteiger partial charge in [0.2, 0.25) is 0 Å². The fourth-order valence-corrected chi connectivity index (χ4v) is 1.99. The normalized spacial score (nSPS) is 14.0. The van der Waals surface area contributed by atoms with Crippen molar-refractivity contribution >= 4 is 17.3 Å². The van der Waals surface area contributed by atoms with Gasteiger partial charge >= 0.3 is 0 Å². The van der Waals surface area contributed by atoms with Gasteiger partial charge < -0.3 is 10.2 Å². The van der Waals surface area contributed by atoms with Gasteiger partial charge in [0.1, 0.15) is 5.69 Å². The molecule has 1 saturated carbocycles. The minimum Gasteiger partial charge on any atom is -0.380 e. The van der Waals surface area contributed by atoms with Crippen LogP contribution in [0.25, 0.3) is 0 Å². The van der Waals surface area contributed by atoms with Gasteiger partial charge in [-0.05, 0) is 31.9 Å². The van der Waals surface area contributed by atoms with Crippen molar-refractivity contribution < 1.29 is 9.72 Å². The molecule has 0 radical (unpaired) electrons. The van der Waals surface area contributed by atoms with E-state index in [0.29, 0.717) is 23.8 Å². The van der Waals surface area contributed by atoms with Crippen molar-refractivity contribution in [1.29, 1.82) is 0 Å². The summed E-state index contributed by atoms with van der Waals surface area (Å²) in [6.07, 6.45) is 2.07. The highest BCUT2D eigenvalue weighted by atomic mass is 16.6. The van der Waals surface area contributed by atoms with Crippen LogP contribution in [-0.4, -0.2) is 35.4 Å². The lowest BCUT2D eigenvalue weighted by atomic mass is 10.1. The Bertz CT molecular complexity index is 512. The summed E-state index contributed by atoms with van der Waals surface area (Å²) in [7, 11) is 1.77. The molecule has 1 amide bonds. The van der Waals surface area contributed by atoms with Gasteiger partial charge in [0.25, 0.3) is 11.6 Å². The van der Waals surface area contributed by atoms with E-state index in [4.69, 9.17) is 0 Å². The molecule has 2 rings (SSSR count). The number of benzene rings is 1. The van der Waals surface area contributed by atoms with Gasteiger partial charge in [-0.1, -0.05) is 0 Å². The average Bonchev–Trinajstić information content (AvgIpc) is 3.21. The molecule has 1 aliphatic rings. The maximum atomic E-state index is 12.2. The monoisotopic (exact) mass is 263 g/mol. The summed E-state index contributed by atoms with van der Waals surface area (Å²) < 4.78 is 0. The number of nitrogens with one attached hydrogen (secondary N) is 1. The van der Waals surface area contributed by atoms with Crippen molar-refractivity contribution in [3.63, 3.8) is 0 Å². The average molecular weight is 263 g/mol. The Morgan fingerprint density at radius 2 is 2.21 bits per heavy atom. The highest BCUT2D eigenvalue weighted by Gasteiger charge is 2.30. The Hall–Kier alpha value is -2.11. The molecule has 19 heavy (non-hydrogen) atoms. The molecule has 0 heterocycles. The van der Waals surface area contributed by atoms with Crippen LogP contribution in [0, 0.1) is 10.1 Å². The standard InChI is InChI=1S/C13H17N3O3/c1-3-14-11-8-9(4-7-12(11)16(18)19)13(17)15(2)10-5-6-10/h4,7-8,10,14H,3,5-6H2,1-2H3. The van der Waals surface area contributed by atoms with Crippen LogP contribution in [0.2, 0.25) is 0 Å². The SMILES string of the molecule is CCNc1cc(C(=O)N(C)C2CC2)ccc1[N+](=O)[O-]. The second kappa shape index (κ2) is 5.26. The molecule has 0 aliphatic heterocycles. The number of anilines is 1. The lowest BCUT2D eigenvalue weighted by Gasteiger charge is -2.16.